The third-order valence-corrected chi connectivity index (χ3v) is 5.83. The molecule has 0 saturated carbocycles. The van der Waals surface area contributed by atoms with Crippen molar-refractivity contribution in [1.82, 2.24) is 9.55 Å². The van der Waals surface area contributed by atoms with E-state index in [-0.39, 0.29) is 6.04 Å². The number of benzene rings is 4. The zero-order valence-electron chi connectivity index (χ0n) is 17.0. The van der Waals surface area contributed by atoms with Crippen LogP contribution < -0.4 is 0 Å². The molecule has 4 aromatic carbocycles. The minimum atomic E-state index is -0.0428. The maximum absolute atomic E-state index is 5.94. The van der Waals surface area contributed by atoms with Gasteiger partial charge >= 0.3 is 0 Å². The third-order valence-electron chi connectivity index (χ3n) is 5.53. The molecule has 0 aliphatic carbocycles. The monoisotopic (exact) mass is 418 g/mol. The van der Waals surface area contributed by atoms with Gasteiger partial charge in [-0.05, 0) is 23.3 Å². The highest BCUT2D eigenvalue weighted by Gasteiger charge is 2.24. The fourth-order valence-electron chi connectivity index (χ4n) is 4.15. The fraction of sp³-hybridized carbons (Fsp3) is 0.0357. The van der Waals surface area contributed by atoms with Crippen molar-refractivity contribution in [3.05, 3.63) is 137 Å². The van der Waals surface area contributed by atoms with Crippen molar-refractivity contribution in [2.75, 3.05) is 0 Å². The van der Waals surface area contributed by atoms with Crippen LogP contribution in [0.2, 0.25) is 0 Å². The zero-order chi connectivity index (χ0) is 21.0. The number of aromatic amines is 1. The molecule has 1 N–H and O–H groups in total. The maximum atomic E-state index is 5.94. The number of aromatic nitrogens is 2. The van der Waals surface area contributed by atoms with Crippen molar-refractivity contribution >= 4 is 12.2 Å². The molecule has 1 heterocycles. The highest BCUT2D eigenvalue weighted by Crippen LogP contribution is 2.38. The number of nitrogens with one attached hydrogen (secondary N) is 1. The number of hydrogen-bond acceptors (Lipinski definition) is 1. The summed E-state index contributed by atoms with van der Waals surface area (Å²) < 4.78 is 2.97. The van der Waals surface area contributed by atoms with Gasteiger partial charge in [0.25, 0.3) is 0 Å². The lowest BCUT2D eigenvalue weighted by molar-refractivity contribution is 0.674. The number of H-pyrrole nitrogens is 1. The molecule has 0 radical (unpaired) electrons. The third kappa shape index (κ3) is 3.76. The molecular weight excluding hydrogens is 396 g/mol. The Kier molecular flexibility index (Phi) is 5.34. The molecule has 0 saturated heterocycles. The first-order chi connectivity index (χ1) is 15.3. The van der Waals surface area contributed by atoms with E-state index in [1.165, 1.54) is 11.1 Å². The second kappa shape index (κ2) is 8.58. The summed E-state index contributed by atoms with van der Waals surface area (Å²) in [5.74, 6) is 0. The lowest BCUT2D eigenvalue weighted by Gasteiger charge is -2.23. The average molecular weight is 419 g/mol. The number of hydrogen-bond donors (Lipinski definition) is 1. The Balaban J connectivity index is 1.84. The van der Waals surface area contributed by atoms with Crippen LogP contribution in [0.3, 0.4) is 0 Å². The predicted molar refractivity (Wildman–Crippen MR) is 131 cm³/mol. The van der Waals surface area contributed by atoms with Crippen LogP contribution in [0.15, 0.2) is 121 Å². The lowest BCUT2D eigenvalue weighted by Crippen LogP contribution is -2.14. The summed E-state index contributed by atoms with van der Waals surface area (Å²) in [4.78, 5) is 3.53. The lowest BCUT2D eigenvalue weighted by atomic mass is 9.97. The molecule has 0 bridgehead atoms. The Bertz CT molecular complexity index is 1280. The summed E-state index contributed by atoms with van der Waals surface area (Å²) in [6.07, 6.45) is 0. The van der Waals surface area contributed by atoms with Crippen LogP contribution in [-0.2, 0) is 0 Å². The van der Waals surface area contributed by atoms with Gasteiger partial charge in [0.15, 0.2) is 4.77 Å². The molecule has 5 rings (SSSR count). The van der Waals surface area contributed by atoms with E-state index in [9.17, 15) is 0 Å². The SMILES string of the molecule is S=c1[nH]c(-c2ccccc2)c(-c2ccccc2)n1C(c1ccccc1)c1ccccc1. The number of rotatable bonds is 5. The quantitative estimate of drug-likeness (QED) is 0.293. The number of imidazole rings is 1. The van der Waals surface area contributed by atoms with E-state index >= 15 is 0 Å². The van der Waals surface area contributed by atoms with Crippen LogP contribution in [0.1, 0.15) is 17.2 Å². The smallest absolute Gasteiger partial charge is 0.178 e. The molecule has 31 heavy (non-hydrogen) atoms. The maximum Gasteiger partial charge on any atom is 0.178 e. The van der Waals surface area contributed by atoms with E-state index in [2.05, 4.69) is 119 Å². The van der Waals surface area contributed by atoms with E-state index in [1.807, 2.05) is 12.1 Å². The van der Waals surface area contributed by atoms with Gasteiger partial charge in [0, 0.05) is 11.1 Å². The Morgan fingerprint density at radius 1 is 0.548 bits per heavy atom. The molecule has 5 aromatic rings. The molecule has 150 valence electrons. The van der Waals surface area contributed by atoms with Gasteiger partial charge in [0.1, 0.15) is 0 Å². The summed E-state index contributed by atoms with van der Waals surface area (Å²) in [5.41, 5.74) is 6.76. The highest BCUT2D eigenvalue weighted by molar-refractivity contribution is 7.71. The van der Waals surface area contributed by atoms with E-state index in [0.29, 0.717) is 4.77 Å². The minimum Gasteiger partial charge on any atom is -0.330 e. The van der Waals surface area contributed by atoms with E-state index in [4.69, 9.17) is 12.2 Å². The molecule has 0 fully saturated rings. The van der Waals surface area contributed by atoms with Crippen molar-refractivity contribution in [1.29, 1.82) is 0 Å². The van der Waals surface area contributed by atoms with Crippen LogP contribution in [0.4, 0.5) is 0 Å². The summed E-state index contributed by atoms with van der Waals surface area (Å²) in [5, 5.41) is 0. The first kappa shape index (κ1) is 19.3. The highest BCUT2D eigenvalue weighted by atomic mass is 32.1. The molecule has 3 heteroatoms. The van der Waals surface area contributed by atoms with Crippen LogP contribution in [0.25, 0.3) is 22.5 Å². The summed E-state index contributed by atoms with van der Waals surface area (Å²) in [7, 11) is 0. The summed E-state index contributed by atoms with van der Waals surface area (Å²) in [6, 6.07) is 42.0. The summed E-state index contributed by atoms with van der Waals surface area (Å²) in [6.45, 7) is 0. The molecule has 0 aliphatic rings. The van der Waals surface area contributed by atoms with E-state index < -0.39 is 0 Å². The second-order valence-electron chi connectivity index (χ2n) is 7.48. The van der Waals surface area contributed by atoms with Crippen molar-refractivity contribution in [3.63, 3.8) is 0 Å². The van der Waals surface area contributed by atoms with Gasteiger partial charge < -0.3 is 9.55 Å². The van der Waals surface area contributed by atoms with Gasteiger partial charge in [-0.2, -0.15) is 0 Å². The van der Waals surface area contributed by atoms with E-state index in [0.717, 1.165) is 22.5 Å². The van der Waals surface area contributed by atoms with Crippen molar-refractivity contribution < 1.29 is 0 Å². The average Bonchev–Trinajstić information content (AvgIpc) is 3.18. The van der Waals surface area contributed by atoms with Gasteiger partial charge in [-0.15, -0.1) is 0 Å². The Morgan fingerprint density at radius 2 is 0.968 bits per heavy atom. The van der Waals surface area contributed by atoms with Crippen LogP contribution >= 0.6 is 12.2 Å². The van der Waals surface area contributed by atoms with Gasteiger partial charge in [-0.25, -0.2) is 0 Å². The van der Waals surface area contributed by atoms with Crippen LogP contribution in [0.5, 0.6) is 0 Å². The largest absolute Gasteiger partial charge is 0.330 e. The predicted octanol–water partition coefficient (Wildman–Crippen LogP) is 7.52. The Morgan fingerprint density at radius 3 is 1.45 bits per heavy atom. The molecular formula is C28H22N2S. The molecule has 0 amide bonds. The molecule has 0 aliphatic heterocycles. The molecule has 0 atom stereocenters. The van der Waals surface area contributed by atoms with Crippen LogP contribution in [-0.4, -0.2) is 9.55 Å². The normalized spacial score (nSPS) is 11.0. The summed E-state index contributed by atoms with van der Waals surface area (Å²) >= 11 is 5.94. The Labute approximate surface area is 187 Å². The van der Waals surface area contributed by atoms with Gasteiger partial charge in [0.05, 0.1) is 17.4 Å². The first-order valence-electron chi connectivity index (χ1n) is 10.4. The molecule has 1 aromatic heterocycles. The first-order valence-corrected chi connectivity index (χ1v) is 10.8. The van der Waals surface area contributed by atoms with Gasteiger partial charge in [-0.1, -0.05) is 121 Å². The molecule has 0 spiro atoms. The minimum absolute atomic E-state index is 0.0428. The van der Waals surface area contributed by atoms with Gasteiger partial charge in [-0.3, -0.25) is 0 Å². The van der Waals surface area contributed by atoms with E-state index in [1.54, 1.807) is 0 Å². The molecule has 2 nitrogen and oxygen atoms in total. The van der Waals surface area contributed by atoms with Crippen molar-refractivity contribution in [2.45, 2.75) is 6.04 Å². The van der Waals surface area contributed by atoms with Gasteiger partial charge in [0.2, 0.25) is 0 Å². The van der Waals surface area contributed by atoms with Crippen molar-refractivity contribution in [2.24, 2.45) is 0 Å². The van der Waals surface area contributed by atoms with Crippen LogP contribution in [0, 0.1) is 4.77 Å². The van der Waals surface area contributed by atoms with Crippen molar-refractivity contribution in [3.8, 4) is 22.5 Å². The fourth-order valence-corrected chi connectivity index (χ4v) is 4.45. The zero-order valence-corrected chi connectivity index (χ0v) is 17.8. The number of nitrogens with zero attached hydrogens (tertiary/aromatic N) is 1. The topological polar surface area (TPSA) is 20.7 Å². The second-order valence-corrected chi connectivity index (χ2v) is 7.87. The Hall–Kier alpha value is -3.69. The standard InChI is InChI=1S/C28H22N2S/c31-28-29-25(21-13-5-1-6-14-21)27(24-19-11-4-12-20-24)30(28)26(22-15-7-2-8-16-22)23-17-9-3-10-18-23/h1-20,26H,(H,29,31). The molecule has 0 unspecified atom stereocenters.